The SMILES string of the molecule is C=C1C=c2nc(C)nc(N[C@H](C)c3cccc(S(=O)(=O)C4CC4)c3F)c2=CN1CC(F)F. The topological polar surface area (TPSA) is 75.2 Å². The molecule has 2 aliphatic rings. The number of benzene rings is 1. The Morgan fingerprint density at radius 2 is 2.00 bits per heavy atom. The van der Waals surface area contributed by atoms with Crippen molar-refractivity contribution in [2.75, 3.05) is 11.9 Å². The molecule has 0 amide bonds. The predicted molar refractivity (Wildman–Crippen MR) is 115 cm³/mol. The molecule has 0 unspecified atom stereocenters. The first-order valence-electron chi connectivity index (χ1n) is 10.2. The highest BCUT2D eigenvalue weighted by Crippen LogP contribution is 2.36. The summed E-state index contributed by atoms with van der Waals surface area (Å²) < 4.78 is 66.3. The summed E-state index contributed by atoms with van der Waals surface area (Å²) in [6.07, 6.45) is 1.59. The molecule has 1 aliphatic carbocycles. The van der Waals surface area contributed by atoms with E-state index >= 15 is 4.39 Å². The fraction of sp³-hybridized carbons (Fsp3) is 0.364. The van der Waals surface area contributed by atoms with Crippen LogP contribution in [0.5, 0.6) is 0 Å². The number of aryl methyl sites for hydroxylation is 1. The summed E-state index contributed by atoms with van der Waals surface area (Å²) in [6.45, 7) is 6.62. The Bertz CT molecular complexity index is 1310. The highest BCUT2D eigenvalue weighted by atomic mass is 32.2. The zero-order valence-corrected chi connectivity index (χ0v) is 18.5. The van der Waals surface area contributed by atoms with E-state index in [4.69, 9.17) is 0 Å². The van der Waals surface area contributed by atoms with Gasteiger partial charge < -0.3 is 10.2 Å². The van der Waals surface area contributed by atoms with Crippen molar-refractivity contribution in [1.29, 1.82) is 0 Å². The minimum Gasteiger partial charge on any atom is -0.363 e. The molecule has 1 atom stereocenters. The maximum atomic E-state index is 15.2. The molecule has 2 aromatic rings. The lowest BCUT2D eigenvalue weighted by Gasteiger charge is -2.24. The van der Waals surface area contributed by atoms with Crippen molar-refractivity contribution in [3.8, 4) is 0 Å². The van der Waals surface area contributed by atoms with Crippen LogP contribution in [0, 0.1) is 12.7 Å². The molecular formula is C22H23F3N4O2S. The second-order valence-corrected chi connectivity index (χ2v) is 10.2. The van der Waals surface area contributed by atoms with Crippen LogP contribution in [0.3, 0.4) is 0 Å². The van der Waals surface area contributed by atoms with E-state index in [1.165, 1.54) is 29.3 Å². The minimum atomic E-state index is -3.70. The number of hydrogen-bond acceptors (Lipinski definition) is 6. The average molecular weight is 465 g/mol. The van der Waals surface area contributed by atoms with Gasteiger partial charge in [-0.05, 0) is 38.8 Å². The number of aromatic nitrogens is 2. The van der Waals surface area contributed by atoms with Gasteiger partial charge in [0.15, 0.2) is 9.84 Å². The van der Waals surface area contributed by atoms with Gasteiger partial charge in [0, 0.05) is 17.5 Å². The Morgan fingerprint density at radius 3 is 2.66 bits per heavy atom. The first-order chi connectivity index (χ1) is 15.1. The molecule has 1 saturated carbocycles. The van der Waals surface area contributed by atoms with E-state index in [0.29, 0.717) is 40.7 Å². The Morgan fingerprint density at radius 1 is 1.28 bits per heavy atom. The Kier molecular flexibility index (Phi) is 5.74. The highest BCUT2D eigenvalue weighted by molar-refractivity contribution is 7.92. The van der Waals surface area contributed by atoms with Gasteiger partial charge in [0.1, 0.15) is 22.4 Å². The predicted octanol–water partition coefficient (Wildman–Crippen LogP) is 2.65. The fourth-order valence-electron chi connectivity index (χ4n) is 3.67. The molecule has 1 N–H and O–H groups in total. The third-order valence-corrected chi connectivity index (χ3v) is 7.74. The lowest BCUT2D eigenvalue weighted by Crippen LogP contribution is -2.41. The molecule has 1 aromatic carbocycles. The van der Waals surface area contributed by atoms with Crippen LogP contribution in [0.4, 0.5) is 19.0 Å². The van der Waals surface area contributed by atoms with Gasteiger partial charge in [-0.2, -0.15) is 0 Å². The number of halogens is 3. The van der Waals surface area contributed by atoms with Crippen LogP contribution in [0.15, 0.2) is 35.4 Å². The molecule has 4 rings (SSSR count). The van der Waals surface area contributed by atoms with E-state index in [0.717, 1.165) is 0 Å². The molecule has 0 saturated heterocycles. The van der Waals surface area contributed by atoms with E-state index in [-0.39, 0.29) is 10.5 Å². The number of hydrogen-bond donors (Lipinski definition) is 1. The number of allylic oxidation sites excluding steroid dienone is 1. The Balaban J connectivity index is 1.72. The monoisotopic (exact) mass is 464 g/mol. The smallest absolute Gasteiger partial charge is 0.256 e. The van der Waals surface area contributed by atoms with Gasteiger partial charge in [0.05, 0.1) is 28.4 Å². The molecule has 32 heavy (non-hydrogen) atoms. The molecule has 6 nitrogen and oxygen atoms in total. The minimum absolute atomic E-state index is 0.172. The number of fused-ring (bicyclic) bond motifs is 1. The first-order valence-corrected chi connectivity index (χ1v) is 11.7. The molecule has 0 bridgehead atoms. The number of anilines is 1. The second-order valence-electron chi connectivity index (χ2n) is 8.00. The average Bonchev–Trinajstić information content (AvgIpc) is 3.54. The summed E-state index contributed by atoms with van der Waals surface area (Å²) in [4.78, 5) is 9.72. The van der Waals surface area contributed by atoms with Crippen molar-refractivity contribution >= 4 is 27.9 Å². The molecule has 10 heteroatoms. The molecule has 1 aliphatic heterocycles. The van der Waals surface area contributed by atoms with Crippen LogP contribution < -0.4 is 15.9 Å². The van der Waals surface area contributed by atoms with E-state index in [1.54, 1.807) is 19.9 Å². The first kappa shape index (κ1) is 22.3. The van der Waals surface area contributed by atoms with Crippen LogP contribution in [0.1, 0.15) is 37.2 Å². The van der Waals surface area contributed by atoms with Crippen LogP contribution >= 0.6 is 0 Å². The summed E-state index contributed by atoms with van der Waals surface area (Å²) >= 11 is 0. The molecule has 1 aromatic heterocycles. The van der Waals surface area contributed by atoms with Gasteiger partial charge in [-0.15, -0.1) is 0 Å². The summed E-state index contributed by atoms with van der Waals surface area (Å²) in [5, 5.41) is 3.55. The Hall–Kier alpha value is -2.88. The quantitative estimate of drug-likeness (QED) is 0.679. The van der Waals surface area contributed by atoms with Crippen molar-refractivity contribution in [3.63, 3.8) is 0 Å². The largest absolute Gasteiger partial charge is 0.363 e. The Labute approximate surface area is 184 Å². The summed E-state index contributed by atoms with van der Waals surface area (Å²) in [5.74, 6) is -0.0242. The van der Waals surface area contributed by atoms with Crippen molar-refractivity contribution in [2.24, 2.45) is 0 Å². The van der Waals surface area contributed by atoms with Crippen LogP contribution in [-0.2, 0) is 9.84 Å². The van der Waals surface area contributed by atoms with Crippen LogP contribution in [-0.4, -0.2) is 41.5 Å². The number of nitrogens with one attached hydrogen (secondary N) is 1. The van der Waals surface area contributed by atoms with Gasteiger partial charge in [0.25, 0.3) is 6.43 Å². The van der Waals surface area contributed by atoms with Gasteiger partial charge >= 0.3 is 0 Å². The normalized spacial score (nSPS) is 16.9. The third kappa shape index (κ3) is 4.23. The zero-order valence-electron chi connectivity index (χ0n) is 17.6. The van der Waals surface area contributed by atoms with Crippen LogP contribution in [0.25, 0.3) is 12.3 Å². The number of sulfone groups is 1. The molecule has 0 radical (unpaired) electrons. The van der Waals surface area contributed by atoms with Gasteiger partial charge in [-0.25, -0.2) is 31.6 Å². The van der Waals surface area contributed by atoms with Crippen molar-refractivity contribution in [3.05, 3.63) is 58.2 Å². The fourth-order valence-corrected chi connectivity index (χ4v) is 5.42. The van der Waals surface area contributed by atoms with E-state index < -0.39 is 39.9 Å². The molecule has 1 fully saturated rings. The molecule has 2 heterocycles. The van der Waals surface area contributed by atoms with Crippen LogP contribution in [0.2, 0.25) is 0 Å². The van der Waals surface area contributed by atoms with E-state index in [1.807, 2.05) is 0 Å². The third-order valence-electron chi connectivity index (χ3n) is 5.46. The van der Waals surface area contributed by atoms with Gasteiger partial charge in [-0.1, -0.05) is 18.7 Å². The van der Waals surface area contributed by atoms with Crippen molar-refractivity contribution in [1.82, 2.24) is 14.9 Å². The summed E-state index contributed by atoms with van der Waals surface area (Å²) in [7, 11) is -3.70. The summed E-state index contributed by atoms with van der Waals surface area (Å²) in [5.41, 5.74) is 0.546. The van der Waals surface area contributed by atoms with E-state index in [2.05, 4.69) is 21.9 Å². The second kappa shape index (κ2) is 8.23. The molecule has 170 valence electrons. The van der Waals surface area contributed by atoms with E-state index in [9.17, 15) is 17.2 Å². The standard InChI is InChI=1S/C22H23F3N4O2S/c1-12-9-18-17(10-29(12)11-20(23)24)22(28-14(3)27-18)26-13(2)16-5-4-6-19(21(16)25)32(30,31)15-7-8-15/h4-6,9-10,13,15,20H,1,7-8,11H2,2-3H3,(H,26,27,28)/t13-/m1/s1. The highest BCUT2D eigenvalue weighted by Gasteiger charge is 2.39. The van der Waals surface area contributed by atoms with Crippen molar-refractivity contribution < 1.29 is 21.6 Å². The lowest BCUT2D eigenvalue weighted by molar-refractivity contribution is 0.125. The molecular weight excluding hydrogens is 441 g/mol. The number of alkyl halides is 2. The van der Waals surface area contributed by atoms with Gasteiger partial charge in [-0.3, -0.25) is 0 Å². The summed E-state index contributed by atoms with van der Waals surface area (Å²) in [6, 6.07) is 3.66. The number of rotatable bonds is 7. The van der Waals surface area contributed by atoms with Gasteiger partial charge in [0.2, 0.25) is 0 Å². The maximum Gasteiger partial charge on any atom is 0.256 e. The molecule has 0 spiro atoms. The zero-order chi connectivity index (χ0) is 23.2. The number of nitrogens with zero attached hydrogens (tertiary/aromatic N) is 3. The van der Waals surface area contributed by atoms with Crippen molar-refractivity contribution in [2.45, 2.75) is 49.3 Å². The lowest BCUT2D eigenvalue weighted by atomic mass is 10.1. The maximum absolute atomic E-state index is 15.2.